The number of dihydropyridines is 1. The first-order chi connectivity index (χ1) is 14.8. The molecule has 1 aliphatic rings. The van der Waals surface area contributed by atoms with Crippen molar-refractivity contribution in [3.63, 3.8) is 0 Å². The second-order valence-electron chi connectivity index (χ2n) is 6.88. The highest BCUT2D eigenvalue weighted by Gasteiger charge is 2.38. The first kappa shape index (κ1) is 21.7. The number of ether oxygens (including phenoxy) is 2. The molecule has 0 unspecified atom stereocenters. The molecule has 9 heteroatoms. The number of pyridine rings is 1. The summed E-state index contributed by atoms with van der Waals surface area (Å²) in [6, 6.07) is 11.0. The second kappa shape index (κ2) is 9.21. The molecule has 0 spiro atoms. The molecular weight excluding hydrogens is 402 g/mol. The molecule has 0 bridgehead atoms. The molecule has 0 radical (unpaired) electrons. The Morgan fingerprint density at radius 1 is 1.10 bits per heavy atom. The van der Waals surface area contributed by atoms with Crippen LogP contribution in [0.5, 0.6) is 0 Å². The number of non-ortho nitro benzene ring substituents is 1. The average Bonchev–Trinajstić information content (AvgIpc) is 2.77. The van der Waals surface area contributed by atoms with Crippen LogP contribution in [-0.2, 0) is 25.7 Å². The van der Waals surface area contributed by atoms with Crippen molar-refractivity contribution in [1.29, 1.82) is 0 Å². The Morgan fingerprint density at radius 2 is 1.81 bits per heavy atom. The van der Waals surface area contributed by atoms with E-state index in [4.69, 9.17) is 9.47 Å². The number of nitrogens with one attached hydrogen (secondary N) is 1. The lowest BCUT2D eigenvalue weighted by Crippen LogP contribution is -2.32. The van der Waals surface area contributed by atoms with E-state index in [9.17, 15) is 19.7 Å². The molecule has 1 aliphatic heterocycles. The van der Waals surface area contributed by atoms with Crippen molar-refractivity contribution in [2.24, 2.45) is 0 Å². The quantitative estimate of drug-likeness (QED) is 0.427. The third kappa shape index (κ3) is 4.61. The molecule has 2 heterocycles. The highest BCUT2D eigenvalue weighted by molar-refractivity contribution is 5.99. The first-order valence-corrected chi connectivity index (χ1v) is 9.41. The smallest absolute Gasteiger partial charge is 0.337 e. The number of esters is 2. The number of hydrogen-bond donors (Lipinski definition) is 1. The Morgan fingerprint density at radius 3 is 2.42 bits per heavy atom. The maximum absolute atomic E-state index is 13.1. The van der Waals surface area contributed by atoms with E-state index in [2.05, 4.69) is 10.3 Å². The summed E-state index contributed by atoms with van der Waals surface area (Å²) in [7, 11) is 1.23. The van der Waals surface area contributed by atoms with Crippen LogP contribution in [0.2, 0.25) is 0 Å². The van der Waals surface area contributed by atoms with Crippen molar-refractivity contribution in [3.8, 4) is 0 Å². The number of nitro benzene ring substituents is 1. The molecule has 0 saturated heterocycles. The number of benzene rings is 1. The van der Waals surface area contributed by atoms with E-state index in [-0.39, 0.29) is 23.4 Å². The Bertz CT molecular complexity index is 1090. The van der Waals surface area contributed by atoms with Crippen LogP contribution in [0.3, 0.4) is 0 Å². The third-order valence-electron chi connectivity index (χ3n) is 4.88. The summed E-state index contributed by atoms with van der Waals surface area (Å²) >= 11 is 0. The van der Waals surface area contributed by atoms with Gasteiger partial charge in [-0.15, -0.1) is 0 Å². The Kier molecular flexibility index (Phi) is 6.44. The number of allylic oxidation sites excluding steroid dienone is 2. The van der Waals surface area contributed by atoms with E-state index in [0.717, 1.165) is 0 Å². The predicted molar refractivity (Wildman–Crippen MR) is 110 cm³/mol. The lowest BCUT2D eigenvalue weighted by molar-refractivity contribution is -0.384. The van der Waals surface area contributed by atoms with Gasteiger partial charge in [-0.1, -0.05) is 18.2 Å². The summed E-state index contributed by atoms with van der Waals surface area (Å²) in [6.07, 6.45) is 1.59. The first-order valence-electron chi connectivity index (χ1n) is 9.41. The van der Waals surface area contributed by atoms with Gasteiger partial charge in [0.15, 0.2) is 0 Å². The van der Waals surface area contributed by atoms with Crippen LogP contribution >= 0.6 is 0 Å². The Labute approximate surface area is 178 Å². The molecule has 31 heavy (non-hydrogen) atoms. The molecule has 3 rings (SSSR count). The Hall–Kier alpha value is -4.01. The molecule has 2 aromatic rings. The third-order valence-corrected chi connectivity index (χ3v) is 4.88. The highest BCUT2D eigenvalue weighted by atomic mass is 16.6. The largest absolute Gasteiger partial charge is 0.466 e. The number of rotatable bonds is 6. The number of aromatic nitrogens is 1. The van der Waals surface area contributed by atoms with Gasteiger partial charge in [-0.3, -0.25) is 15.1 Å². The molecular formula is C22H21N3O6. The SMILES string of the molecule is COC(=O)C1=C(C)NC(C)=C(C(=O)OCc2ccccn2)[C@H]1c1cccc([N+](=O)[O-])c1. The zero-order valence-corrected chi connectivity index (χ0v) is 17.2. The maximum atomic E-state index is 13.1. The molecule has 1 N–H and O–H groups in total. The number of carbonyl (C=O) groups excluding carboxylic acids is 2. The van der Waals surface area contributed by atoms with Crippen LogP contribution in [0.15, 0.2) is 71.2 Å². The fourth-order valence-corrected chi connectivity index (χ4v) is 3.50. The number of hydrogen-bond acceptors (Lipinski definition) is 8. The summed E-state index contributed by atoms with van der Waals surface area (Å²) in [5.74, 6) is -2.21. The maximum Gasteiger partial charge on any atom is 0.337 e. The van der Waals surface area contributed by atoms with E-state index in [1.807, 2.05) is 0 Å². The van der Waals surface area contributed by atoms with E-state index in [1.54, 1.807) is 44.3 Å². The molecule has 1 aromatic heterocycles. The summed E-state index contributed by atoms with van der Waals surface area (Å²) in [5, 5.41) is 14.3. The lowest BCUT2D eigenvalue weighted by Gasteiger charge is -2.30. The number of carbonyl (C=O) groups is 2. The lowest BCUT2D eigenvalue weighted by atomic mass is 9.80. The molecule has 0 aliphatic carbocycles. The van der Waals surface area contributed by atoms with Gasteiger partial charge < -0.3 is 14.8 Å². The van der Waals surface area contributed by atoms with E-state index in [0.29, 0.717) is 22.7 Å². The van der Waals surface area contributed by atoms with Crippen molar-refractivity contribution >= 4 is 17.6 Å². The summed E-state index contributed by atoms with van der Waals surface area (Å²) in [4.78, 5) is 40.6. The van der Waals surface area contributed by atoms with Crippen LogP contribution in [0, 0.1) is 10.1 Å². The van der Waals surface area contributed by atoms with Gasteiger partial charge in [0, 0.05) is 29.7 Å². The highest BCUT2D eigenvalue weighted by Crippen LogP contribution is 2.40. The van der Waals surface area contributed by atoms with Crippen molar-refractivity contribution in [3.05, 3.63) is 92.6 Å². The van der Waals surface area contributed by atoms with Crippen LogP contribution in [0.25, 0.3) is 0 Å². The van der Waals surface area contributed by atoms with E-state index < -0.39 is 22.8 Å². The number of methoxy groups -OCH3 is 1. The molecule has 0 amide bonds. The standard InChI is InChI=1S/C22H21N3O6/c1-13-18(21(26)30-3)20(15-7-6-9-17(11-15)25(28)29)19(14(2)24-13)22(27)31-12-16-8-4-5-10-23-16/h4-11,20,24H,12H2,1-3H3/t20-/m0/s1. The normalized spacial score (nSPS) is 15.9. The number of nitrogens with zero attached hydrogens (tertiary/aromatic N) is 2. The second-order valence-corrected chi connectivity index (χ2v) is 6.88. The summed E-state index contributed by atoms with van der Waals surface area (Å²) < 4.78 is 10.4. The van der Waals surface area contributed by atoms with Gasteiger partial charge in [0.1, 0.15) is 6.61 Å². The van der Waals surface area contributed by atoms with Crippen LogP contribution in [0.1, 0.15) is 31.0 Å². The molecule has 160 valence electrons. The molecule has 1 atom stereocenters. The zero-order chi connectivity index (χ0) is 22.5. The number of nitro groups is 1. The summed E-state index contributed by atoms with van der Waals surface area (Å²) in [6.45, 7) is 3.30. The zero-order valence-electron chi connectivity index (χ0n) is 17.2. The fourth-order valence-electron chi connectivity index (χ4n) is 3.50. The monoisotopic (exact) mass is 423 g/mol. The van der Waals surface area contributed by atoms with E-state index in [1.165, 1.54) is 25.3 Å². The van der Waals surface area contributed by atoms with Crippen molar-refractivity contribution in [2.75, 3.05) is 7.11 Å². The van der Waals surface area contributed by atoms with E-state index >= 15 is 0 Å². The predicted octanol–water partition coefficient (Wildman–Crippen LogP) is 3.14. The molecule has 9 nitrogen and oxygen atoms in total. The van der Waals surface area contributed by atoms with Gasteiger partial charge in [-0.05, 0) is 31.5 Å². The fraction of sp³-hybridized carbons (Fsp3) is 0.227. The summed E-state index contributed by atoms with van der Waals surface area (Å²) in [5.41, 5.74) is 2.12. The van der Waals surface area contributed by atoms with Gasteiger partial charge in [0.25, 0.3) is 5.69 Å². The van der Waals surface area contributed by atoms with Gasteiger partial charge in [-0.2, -0.15) is 0 Å². The van der Waals surface area contributed by atoms with Crippen molar-refractivity contribution in [2.45, 2.75) is 26.4 Å². The van der Waals surface area contributed by atoms with Crippen LogP contribution in [0.4, 0.5) is 5.69 Å². The van der Waals surface area contributed by atoms with Gasteiger partial charge in [0.2, 0.25) is 0 Å². The van der Waals surface area contributed by atoms with Crippen LogP contribution in [-0.4, -0.2) is 29.0 Å². The molecule has 0 saturated carbocycles. The van der Waals surface area contributed by atoms with Gasteiger partial charge in [0.05, 0.1) is 34.8 Å². The minimum absolute atomic E-state index is 0.0611. The van der Waals surface area contributed by atoms with Crippen molar-refractivity contribution < 1.29 is 24.0 Å². The minimum Gasteiger partial charge on any atom is -0.466 e. The Balaban J connectivity index is 2.05. The van der Waals surface area contributed by atoms with Crippen molar-refractivity contribution in [1.82, 2.24) is 10.3 Å². The van der Waals surface area contributed by atoms with Crippen LogP contribution < -0.4 is 5.32 Å². The molecule has 0 fully saturated rings. The van der Waals surface area contributed by atoms with Gasteiger partial charge in [-0.25, -0.2) is 9.59 Å². The molecule has 1 aromatic carbocycles. The van der Waals surface area contributed by atoms with Gasteiger partial charge >= 0.3 is 11.9 Å². The minimum atomic E-state index is -0.898. The average molecular weight is 423 g/mol. The topological polar surface area (TPSA) is 121 Å².